The van der Waals surface area contributed by atoms with Crippen LogP contribution in [-0.4, -0.2) is 9.55 Å². The first kappa shape index (κ1) is 12.0. The van der Waals surface area contributed by atoms with Gasteiger partial charge >= 0.3 is 0 Å². The molecular formula is C14H16N4O. The molecule has 5 heteroatoms. The maximum absolute atomic E-state index is 5.72. The van der Waals surface area contributed by atoms with Gasteiger partial charge in [-0.3, -0.25) is 5.84 Å². The summed E-state index contributed by atoms with van der Waals surface area (Å²) in [5.41, 5.74) is 4.68. The van der Waals surface area contributed by atoms with Crippen molar-refractivity contribution in [2.24, 2.45) is 5.84 Å². The topological polar surface area (TPSA) is 69.0 Å². The van der Waals surface area contributed by atoms with Crippen molar-refractivity contribution in [2.45, 2.75) is 19.5 Å². The van der Waals surface area contributed by atoms with E-state index in [0.717, 1.165) is 28.9 Å². The summed E-state index contributed by atoms with van der Waals surface area (Å²) in [7, 11) is 0. The average molecular weight is 256 g/mol. The Morgan fingerprint density at radius 3 is 3.05 bits per heavy atom. The van der Waals surface area contributed by atoms with Crippen molar-refractivity contribution in [1.82, 2.24) is 15.0 Å². The number of nitrogens with two attached hydrogens (primary N) is 1. The standard InChI is InChI=1S/C14H16N4O/c1-2-18-8-7-16-14(18)13(17-15)11-9-19-12-6-4-3-5-10(11)12/h3-9,13,17H,2,15H2,1H3. The maximum Gasteiger partial charge on any atom is 0.134 e. The van der Waals surface area contributed by atoms with Gasteiger partial charge in [-0.1, -0.05) is 18.2 Å². The lowest BCUT2D eigenvalue weighted by Crippen LogP contribution is -2.30. The molecule has 2 aromatic heterocycles. The predicted octanol–water partition coefficient (Wildman–Crippen LogP) is 2.20. The minimum Gasteiger partial charge on any atom is -0.464 e. The maximum atomic E-state index is 5.72. The largest absolute Gasteiger partial charge is 0.464 e. The lowest BCUT2D eigenvalue weighted by molar-refractivity contribution is 0.546. The highest BCUT2D eigenvalue weighted by atomic mass is 16.3. The van der Waals surface area contributed by atoms with E-state index in [9.17, 15) is 0 Å². The highest BCUT2D eigenvalue weighted by Gasteiger charge is 2.21. The number of nitrogens with one attached hydrogen (secondary N) is 1. The number of nitrogens with zero attached hydrogens (tertiary/aromatic N) is 2. The van der Waals surface area contributed by atoms with E-state index in [1.54, 1.807) is 12.5 Å². The molecule has 0 aliphatic rings. The molecule has 19 heavy (non-hydrogen) atoms. The first-order chi connectivity index (χ1) is 9.35. The first-order valence-electron chi connectivity index (χ1n) is 6.28. The lowest BCUT2D eigenvalue weighted by Gasteiger charge is -2.15. The molecule has 3 N–H and O–H groups in total. The number of aromatic nitrogens is 2. The third kappa shape index (κ3) is 1.93. The van der Waals surface area contributed by atoms with Gasteiger partial charge in [0.05, 0.1) is 6.26 Å². The molecule has 1 unspecified atom stereocenters. The third-order valence-corrected chi connectivity index (χ3v) is 3.34. The van der Waals surface area contributed by atoms with Crippen LogP contribution >= 0.6 is 0 Å². The molecule has 0 spiro atoms. The van der Waals surface area contributed by atoms with Gasteiger partial charge in [-0.15, -0.1) is 0 Å². The molecule has 0 saturated heterocycles. The van der Waals surface area contributed by atoms with Crippen molar-refractivity contribution in [3.8, 4) is 0 Å². The molecule has 0 fully saturated rings. The van der Waals surface area contributed by atoms with Crippen molar-refractivity contribution < 1.29 is 4.42 Å². The van der Waals surface area contributed by atoms with E-state index in [0.29, 0.717) is 0 Å². The molecule has 2 heterocycles. The number of rotatable bonds is 4. The van der Waals surface area contributed by atoms with Gasteiger partial charge in [0.25, 0.3) is 0 Å². The Hall–Kier alpha value is -2.11. The van der Waals surface area contributed by atoms with Crippen LogP contribution in [0.2, 0.25) is 0 Å². The smallest absolute Gasteiger partial charge is 0.134 e. The number of aryl methyl sites for hydroxylation is 1. The SMILES string of the molecule is CCn1ccnc1C(NN)c1coc2ccccc12. The fourth-order valence-corrected chi connectivity index (χ4v) is 2.37. The molecule has 3 rings (SSSR count). The zero-order valence-electron chi connectivity index (χ0n) is 10.7. The number of benzene rings is 1. The van der Waals surface area contributed by atoms with Crippen LogP contribution in [0, 0.1) is 0 Å². The normalized spacial score (nSPS) is 12.9. The minimum atomic E-state index is -0.182. The van der Waals surface area contributed by atoms with Gasteiger partial charge in [-0.05, 0) is 13.0 Å². The Morgan fingerprint density at radius 1 is 1.42 bits per heavy atom. The second-order valence-corrected chi connectivity index (χ2v) is 4.36. The van der Waals surface area contributed by atoms with Gasteiger partial charge in [0.2, 0.25) is 0 Å². The molecule has 0 aliphatic carbocycles. The van der Waals surface area contributed by atoms with Crippen LogP contribution in [0.15, 0.2) is 47.3 Å². The predicted molar refractivity (Wildman–Crippen MR) is 73.3 cm³/mol. The van der Waals surface area contributed by atoms with Crippen LogP contribution < -0.4 is 11.3 Å². The number of hydrogen-bond acceptors (Lipinski definition) is 4. The third-order valence-electron chi connectivity index (χ3n) is 3.34. The molecule has 0 radical (unpaired) electrons. The number of para-hydroxylation sites is 1. The van der Waals surface area contributed by atoms with Crippen LogP contribution in [-0.2, 0) is 6.54 Å². The molecule has 0 bridgehead atoms. The summed E-state index contributed by atoms with van der Waals surface area (Å²) in [6.45, 7) is 2.93. The van der Waals surface area contributed by atoms with Crippen molar-refractivity contribution in [3.05, 3.63) is 54.3 Å². The van der Waals surface area contributed by atoms with Crippen LogP contribution in [0.25, 0.3) is 11.0 Å². The molecule has 5 nitrogen and oxygen atoms in total. The highest BCUT2D eigenvalue weighted by Crippen LogP contribution is 2.29. The van der Waals surface area contributed by atoms with Gasteiger partial charge in [-0.25, -0.2) is 10.4 Å². The Balaban J connectivity index is 2.12. The van der Waals surface area contributed by atoms with Crippen molar-refractivity contribution >= 4 is 11.0 Å². The molecular weight excluding hydrogens is 240 g/mol. The van der Waals surface area contributed by atoms with E-state index in [1.165, 1.54) is 0 Å². The van der Waals surface area contributed by atoms with Crippen LogP contribution in [0.3, 0.4) is 0 Å². The van der Waals surface area contributed by atoms with Gasteiger partial charge in [-0.2, -0.15) is 0 Å². The summed E-state index contributed by atoms with van der Waals surface area (Å²) in [5.74, 6) is 6.61. The number of fused-ring (bicyclic) bond motifs is 1. The lowest BCUT2D eigenvalue weighted by atomic mass is 10.1. The average Bonchev–Trinajstić information content (AvgIpc) is 3.07. The van der Waals surface area contributed by atoms with Crippen LogP contribution in [0.4, 0.5) is 0 Å². The van der Waals surface area contributed by atoms with E-state index < -0.39 is 0 Å². The van der Waals surface area contributed by atoms with Gasteiger partial charge in [0.15, 0.2) is 0 Å². The molecule has 1 aromatic carbocycles. The second-order valence-electron chi connectivity index (χ2n) is 4.36. The summed E-state index contributed by atoms with van der Waals surface area (Å²) < 4.78 is 7.63. The van der Waals surface area contributed by atoms with E-state index in [1.807, 2.05) is 30.5 Å². The number of hydrogen-bond donors (Lipinski definition) is 2. The van der Waals surface area contributed by atoms with Crippen LogP contribution in [0.1, 0.15) is 24.4 Å². The van der Waals surface area contributed by atoms with Gasteiger partial charge < -0.3 is 8.98 Å². The Kier molecular flexibility index (Phi) is 3.06. The van der Waals surface area contributed by atoms with E-state index in [4.69, 9.17) is 10.3 Å². The van der Waals surface area contributed by atoms with Crippen LogP contribution in [0.5, 0.6) is 0 Å². The highest BCUT2D eigenvalue weighted by molar-refractivity contribution is 5.81. The fraction of sp³-hybridized carbons (Fsp3) is 0.214. The molecule has 1 atom stereocenters. The number of imidazole rings is 1. The van der Waals surface area contributed by atoms with Gasteiger partial charge in [0.1, 0.15) is 17.4 Å². The van der Waals surface area contributed by atoms with E-state index in [-0.39, 0.29) is 6.04 Å². The molecule has 98 valence electrons. The quantitative estimate of drug-likeness (QED) is 0.554. The number of furan rings is 1. The molecule has 0 aliphatic heterocycles. The van der Waals surface area contributed by atoms with Gasteiger partial charge in [0, 0.05) is 29.9 Å². The minimum absolute atomic E-state index is 0.182. The number of hydrazine groups is 1. The molecule has 3 aromatic rings. The summed E-state index contributed by atoms with van der Waals surface area (Å²) in [6.07, 6.45) is 5.47. The summed E-state index contributed by atoms with van der Waals surface area (Å²) in [4.78, 5) is 4.40. The summed E-state index contributed by atoms with van der Waals surface area (Å²) in [5, 5.41) is 1.05. The second kappa shape index (κ2) is 4.87. The van der Waals surface area contributed by atoms with E-state index >= 15 is 0 Å². The Bertz CT molecular complexity index is 685. The van der Waals surface area contributed by atoms with E-state index in [2.05, 4.69) is 21.9 Å². The Morgan fingerprint density at radius 2 is 2.26 bits per heavy atom. The monoisotopic (exact) mass is 256 g/mol. The fourth-order valence-electron chi connectivity index (χ4n) is 2.37. The van der Waals surface area contributed by atoms with Crippen molar-refractivity contribution in [2.75, 3.05) is 0 Å². The zero-order valence-corrected chi connectivity index (χ0v) is 10.7. The Labute approximate surface area is 111 Å². The molecule has 0 saturated carbocycles. The molecule has 0 amide bonds. The van der Waals surface area contributed by atoms with Crippen molar-refractivity contribution in [1.29, 1.82) is 0 Å². The van der Waals surface area contributed by atoms with Crippen molar-refractivity contribution in [3.63, 3.8) is 0 Å². The first-order valence-corrected chi connectivity index (χ1v) is 6.28. The summed E-state index contributed by atoms with van der Waals surface area (Å²) in [6, 6.07) is 7.73. The zero-order chi connectivity index (χ0) is 13.2. The summed E-state index contributed by atoms with van der Waals surface area (Å²) >= 11 is 0.